The first-order chi connectivity index (χ1) is 8.06. The van der Waals surface area contributed by atoms with Gasteiger partial charge in [-0.25, -0.2) is 4.79 Å². The molecule has 6 nitrogen and oxygen atoms in total. The van der Waals surface area contributed by atoms with Gasteiger partial charge in [0.2, 0.25) is 0 Å². The lowest BCUT2D eigenvalue weighted by Crippen LogP contribution is -2.41. The number of amides is 1. The third kappa shape index (κ3) is 3.97. The standard InChI is InChI=1S/C9H13N3O3S2/c1-5-7(17-12-11-5)8(13)10-6(9(14)15)3-4-16-2/h6H,3-4H2,1-2H3,(H,10,13)(H,14,15). The Hall–Kier alpha value is -1.15. The summed E-state index contributed by atoms with van der Waals surface area (Å²) in [6, 6.07) is -0.864. The van der Waals surface area contributed by atoms with Crippen LogP contribution in [-0.2, 0) is 4.79 Å². The third-order valence-electron chi connectivity index (χ3n) is 2.07. The number of carboxylic acid groups (broad SMARTS) is 1. The molecule has 0 aromatic carbocycles. The Bertz CT molecular complexity index is 408. The molecule has 0 saturated carbocycles. The van der Waals surface area contributed by atoms with Crippen molar-refractivity contribution in [3.05, 3.63) is 10.6 Å². The van der Waals surface area contributed by atoms with E-state index >= 15 is 0 Å². The number of carboxylic acids is 1. The second-order valence-corrected chi connectivity index (χ2v) is 5.07. The van der Waals surface area contributed by atoms with Crippen molar-refractivity contribution in [3.8, 4) is 0 Å². The number of aromatic nitrogens is 2. The zero-order chi connectivity index (χ0) is 12.8. The number of hydrogen-bond donors (Lipinski definition) is 2. The van der Waals surface area contributed by atoms with Gasteiger partial charge in [0.1, 0.15) is 10.9 Å². The first-order valence-corrected chi connectivity index (χ1v) is 7.04. The largest absolute Gasteiger partial charge is 0.480 e. The second-order valence-electron chi connectivity index (χ2n) is 3.33. The summed E-state index contributed by atoms with van der Waals surface area (Å²) in [5, 5.41) is 15.1. The highest BCUT2D eigenvalue weighted by atomic mass is 32.2. The molecule has 17 heavy (non-hydrogen) atoms. The number of nitrogens with zero attached hydrogens (tertiary/aromatic N) is 2. The fourth-order valence-corrected chi connectivity index (χ4v) is 2.19. The zero-order valence-electron chi connectivity index (χ0n) is 9.47. The second kappa shape index (κ2) is 6.55. The minimum absolute atomic E-state index is 0.361. The number of hydrogen-bond acceptors (Lipinski definition) is 6. The highest BCUT2D eigenvalue weighted by Gasteiger charge is 2.22. The molecule has 1 aromatic heterocycles. The molecule has 1 unspecified atom stereocenters. The summed E-state index contributed by atoms with van der Waals surface area (Å²) in [5.41, 5.74) is 0.515. The number of aliphatic carboxylic acids is 1. The fourth-order valence-electron chi connectivity index (χ4n) is 1.16. The predicted molar refractivity (Wildman–Crippen MR) is 66.5 cm³/mol. The molecule has 8 heteroatoms. The van der Waals surface area contributed by atoms with E-state index in [1.165, 1.54) is 11.8 Å². The van der Waals surface area contributed by atoms with Crippen LogP contribution in [0.25, 0.3) is 0 Å². The van der Waals surface area contributed by atoms with Crippen LogP contribution < -0.4 is 5.32 Å². The molecule has 0 saturated heterocycles. The smallest absolute Gasteiger partial charge is 0.326 e. The number of nitrogens with one attached hydrogen (secondary N) is 1. The van der Waals surface area contributed by atoms with Crippen molar-refractivity contribution in [2.24, 2.45) is 0 Å². The van der Waals surface area contributed by atoms with E-state index in [-0.39, 0.29) is 0 Å². The summed E-state index contributed by atoms with van der Waals surface area (Å²) in [6.07, 6.45) is 2.28. The molecule has 0 fully saturated rings. The third-order valence-corrected chi connectivity index (χ3v) is 3.54. The zero-order valence-corrected chi connectivity index (χ0v) is 11.1. The van der Waals surface area contributed by atoms with Crippen molar-refractivity contribution in [3.63, 3.8) is 0 Å². The minimum atomic E-state index is -1.03. The molecule has 94 valence electrons. The van der Waals surface area contributed by atoms with Gasteiger partial charge >= 0.3 is 5.97 Å². The number of thioether (sulfide) groups is 1. The molecule has 1 heterocycles. The number of aryl methyl sites for hydroxylation is 1. The Balaban J connectivity index is 2.64. The normalized spacial score (nSPS) is 12.1. The van der Waals surface area contributed by atoms with E-state index in [0.717, 1.165) is 11.5 Å². The average Bonchev–Trinajstić information content (AvgIpc) is 2.70. The Morgan fingerprint density at radius 2 is 2.29 bits per heavy atom. The lowest BCUT2D eigenvalue weighted by Gasteiger charge is -2.12. The number of carbonyl (C=O) groups is 2. The van der Waals surface area contributed by atoms with Gasteiger partial charge in [0.05, 0.1) is 5.69 Å². The number of rotatable bonds is 6. The van der Waals surface area contributed by atoms with Gasteiger partial charge in [-0.1, -0.05) is 4.49 Å². The summed E-state index contributed by atoms with van der Waals surface area (Å²) in [5.74, 6) is -0.773. The maximum Gasteiger partial charge on any atom is 0.326 e. The maximum absolute atomic E-state index is 11.8. The molecule has 0 radical (unpaired) electrons. The molecule has 1 amide bonds. The SMILES string of the molecule is CSCCC(NC(=O)c1snnc1C)C(=O)O. The van der Waals surface area contributed by atoms with Crippen LogP contribution in [0.4, 0.5) is 0 Å². The van der Waals surface area contributed by atoms with Crippen LogP contribution in [0.3, 0.4) is 0 Å². The van der Waals surface area contributed by atoms with Crippen LogP contribution in [0, 0.1) is 6.92 Å². The van der Waals surface area contributed by atoms with Crippen molar-refractivity contribution in [2.75, 3.05) is 12.0 Å². The Kier molecular flexibility index (Phi) is 5.36. The van der Waals surface area contributed by atoms with E-state index in [1.54, 1.807) is 6.92 Å². The van der Waals surface area contributed by atoms with Crippen molar-refractivity contribution >= 4 is 35.2 Å². The number of carbonyl (C=O) groups excluding carboxylic acids is 1. The van der Waals surface area contributed by atoms with Crippen LogP contribution in [0.15, 0.2) is 0 Å². The monoisotopic (exact) mass is 275 g/mol. The van der Waals surface area contributed by atoms with Gasteiger partial charge in [0.25, 0.3) is 5.91 Å². The first-order valence-electron chi connectivity index (χ1n) is 4.87. The minimum Gasteiger partial charge on any atom is -0.480 e. The van der Waals surface area contributed by atoms with Gasteiger partial charge in [-0.05, 0) is 36.9 Å². The molecule has 1 atom stereocenters. The Morgan fingerprint density at radius 3 is 2.76 bits per heavy atom. The first kappa shape index (κ1) is 13.9. The van der Waals surface area contributed by atoms with Crippen molar-refractivity contribution in [1.29, 1.82) is 0 Å². The van der Waals surface area contributed by atoms with Crippen molar-refractivity contribution in [1.82, 2.24) is 14.9 Å². The summed E-state index contributed by atoms with van der Waals surface area (Å²) in [7, 11) is 0. The van der Waals surface area contributed by atoms with E-state index in [0.29, 0.717) is 22.7 Å². The van der Waals surface area contributed by atoms with Crippen LogP contribution in [0.2, 0.25) is 0 Å². The summed E-state index contributed by atoms with van der Waals surface area (Å²) in [6.45, 7) is 1.66. The fraction of sp³-hybridized carbons (Fsp3) is 0.556. The molecule has 0 aliphatic rings. The van der Waals surface area contributed by atoms with E-state index in [9.17, 15) is 9.59 Å². The van der Waals surface area contributed by atoms with Crippen LogP contribution in [0.5, 0.6) is 0 Å². The molecule has 2 N–H and O–H groups in total. The Morgan fingerprint density at radius 1 is 1.59 bits per heavy atom. The average molecular weight is 275 g/mol. The molecule has 0 aliphatic heterocycles. The molecule has 0 bridgehead atoms. The molecular formula is C9H13N3O3S2. The van der Waals surface area contributed by atoms with E-state index in [4.69, 9.17) is 5.11 Å². The van der Waals surface area contributed by atoms with Gasteiger partial charge in [0.15, 0.2) is 0 Å². The van der Waals surface area contributed by atoms with E-state index < -0.39 is 17.9 Å². The van der Waals surface area contributed by atoms with Crippen molar-refractivity contribution < 1.29 is 14.7 Å². The highest BCUT2D eigenvalue weighted by Crippen LogP contribution is 2.10. The molecular weight excluding hydrogens is 262 g/mol. The van der Waals surface area contributed by atoms with Gasteiger partial charge in [-0.15, -0.1) is 5.10 Å². The summed E-state index contributed by atoms with van der Waals surface area (Å²) < 4.78 is 3.64. The molecule has 0 spiro atoms. The van der Waals surface area contributed by atoms with E-state index in [2.05, 4.69) is 14.9 Å². The molecule has 1 rings (SSSR count). The maximum atomic E-state index is 11.8. The highest BCUT2D eigenvalue weighted by molar-refractivity contribution is 7.98. The van der Waals surface area contributed by atoms with Gasteiger partial charge in [0, 0.05) is 0 Å². The molecule has 0 aliphatic carbocycles. The quantitative estimate of drug-likeness (QED) is 0.797. The Labute approximate surface area is 107 Å². The van der Waals surface area contributed by atoms with Gasteiger partial charge < -0.3 is 10.4 Å². The van der Waals surface area contributed by atoms with Crippen LogP contribution in [0.1, 0.15) is 21.8 Å². The van der Waals surface area contributed by atoms with Gasteiger partial charge in [-0.3, -0.25) is 4.79 Å². The van der Waals surface area contributed by atoms with Gasteiger partial charge in [-0.2, -0.15) is 11.8 Å². The summed E-state index contributed by atoms with van der Waals surface area (Å²) >= 11 is 2.50. The van der Waals surface area contributed by atoms with E-state index in [1.807, 2.05) is 6.26 Å². The summed E-state index contributed by atoms with van der Waals surface area (Å²) in [4.78, 5) is 23.1. The van der Waals surface area contributed by atoms with Crippen LogP contribution in [-0.4, -0.2) is 44.6 Å². The lowest BCUT2D eigenvalue weighted by atomic mass is 10.2. The predicted octanol–water partition coefficient (Wildman–Crippen LogP) is 0.783. The molecule has 1 aromatic rings. The van der Waals surface area contributed by atoms with Crippen molar-refractivity contribution in [2.45, 2.75) is 19.4 Å². The van der Waals surface area contributed by atoms with Crippen LogP contribution >= 0.6 is 23.3 Å². The lowest BCUT2D eigenvalue weighted by molar-refractivity contribution is -0.139. The topological polar surface area (TPSA) is 92.2 Å².